The smallest absolute Gasteiger partial charge is 0.146 e. The van der Waals surface area contributed by atoms with Gasteiger partial charge in [0.2, 0.25) is 0 Å². The maximum absolute atomic E-state index is 6.07. The molecule has 0 bridgehead atoms. The van der Waals surface area contributed by atoms with Gasteiger partial charge in [0.15, 0.2) is 0 Å². The van der Waals surface area contributed by atoms with Crippen LogP contribution < -0.4 is 10.1 Å². The normalized spacial score (nSPS) is 17.5. The molecule has 112 valence electrons. The highest BCUT2D eigenvalue weighted by Gasteiger charge is 2.21. The molecule has 1 aliphatic rings. The van der Waals surface area contributed by atoms with E-state index in [-0.39, 0.29) is 0 Å². The summed E-state index contributed by atoms with van der Waals surface area (Å²) in [6, 6.07) is 6.84. The van der Waals surface area contributed by atoms with E-state index in [0.29, 0.717) is 12.6 Å². The molecule has 0 radical (unpaired) electrons. The summed E-state index contributed by atoms with van der Waals surface area (Å²) in [6.45, 7) is 3.57. The van der Waals surface area contributed by atoms with Crippen molar-refractivity contribution in [3.63, 3.8) is 0 Å². The van der Waals surface area contributed by atoms with Gasteiger partial charge in [0.25, 0.3) is 0 Å². The molecule has 1 aromatic heterocycles. The number of aromatic nitrogens is 2. The summed E-state index contributed by atoms with van der Waals surface area (Å²) in [6.07, 6.45) is 7.34. The fourth-order valence-corrected chi connectivity index (χ4v) is 3.16. The van der Waals surface area contributed by atoms with Gasteiger partial charge in [0.1, 0.15) is 18.2 Å². The average Bonchev–Trinajstić information content (AvgIpc) is 2.99. The molecule has 1 aromatic carbocycles. The van der Waals surface area contributed by atoms with Crippen LogP contribution in [0.5, 0.6) is 5.75 Å². The summed E-state index contributed by atoms with van der Waals surface area (Å²) in [5, 5.41) is 3.40. The first-order valence-electron chi connectivity index (χ1n) is 7.75. The molecule has 21 heavy (non-hydrogen) atoms. The van der Waals surface area contributed by atoms with Crippen LogP contribution in [0.25, 0.3) is 0 Å². The molecule has 0 aliphatic heterocycles. The Morgan fingerprint density at radius 1 is 1.43 bits per heavy atom. The summed E-state index contributed by atoms with van der Waals surface area (Å²) in [5.74, 6) is 1.99. The molecule has 1 atom stereocenters. The highest BCUT2D eigenvalue weighted by molar-refractivity contribution is 5.43. The Labute approximate surface area is 126 Å². The molecule has 0 amide bonds. The molecule has 2 aromatic rings. The first-order valence-corrected chi connectivity index (χ1v) is 7.75. The van der Waals surface area contributed by atoms with Crippen LogP contribution in [0.15, 0.2) is 30.6 Å². The van der Waals surface area contributed by atoms with Gasteiger partial charge in [-0.1, -0.05) is 12.1 Å². The quantitative estimate of drug-likeness (QED) is 0.917. The first-order chi connectivity index (χ1) is 10.3. The molecule has 1 unspecified atom stereocenters. The lowest BCUT2D eigenvalue weighted by molar-refractivity contribution is 0.284. The van der Waals surface area contributed by atoms with E-state index in [1.807, 2.05) is 19.4 Å². The molecule has 1 heterocycles. The highest BCUT2D eigenvalue weighted by atomic mass is 16.5. The standard InChI is InChI=1S/C17H23N3O/c1-3-20-11-10-19-17(20)12-21-16-9-5-6-13-14(16)7-4-8-15(13)18-2/h5-6,9-11,15,18H,3-4,7-8,12H2,1-2H3. The predicted molar refractivity (Wildman–Crippen MR) is 83.4 cm³/mol. The summed E-state index contributed by atoms with van der Waals surface area (Å²) < 4.78 is 8.19. The van der Waals surface area contributed by atoms with E-state index in [1.54, 1.807) is 0 Å². The Morgan fingerprint density at radius 2 is 2.33 bits per heavy atom. The third-order valence-electron chi connectivity index (χ3n) is 4.31. The zero-order valence-electron chi connectivity index (χ0n) is 12.8. The van der Waals surface area contributed by atoms with Crippen LogP contribution in [0.3, 0.4) is 0 Å². The van der Waals surface area contributed by atoms with E-state index >= 15 is 0 Å². The molecular formula is C17H23N3O. The highest BCUT2D eigenvalue weighted by Crippen LogP contribution is 2.35. The van der Waals surface area contributed by atoms with E-state index in [0.717, 1.165) is 24.5 Å². The Balaban J connectivity index is 1.80. The summed E-state index contributed by atoms with van der Waals surface area (Å²) in [5.41, 5.74) is 2.75. The van der Waals surface area contributed by atoms with Crippen molar-refractivity contribution >= 4 is 0 Å². The number of hydrogen-bond acceptors (Lipinski definition) is 3. The molecule has 0 fully saturated rings. The second kappa shape index (κ2) is 6.31. The zero-order chi connectivity index (χ0) is 14.7. The van der Waals surface area contributed by atoms with E-state index in [1.165, 1.54) is 24.0 Å². The van der Waals surface area contributed by atoms with Crippen LogP contribution >= 0.6 is 0 Å². The fourth-order valence-electron chi connectivity index (χ4n) is 3.16. The molecule has 4 nitrogen and oxygen atoms in total. The monoisotopic (exact) mass is 285 g/mol. The van der Waals surface area contributed by atoms with Crippen LogP contribution in [0.1, 0.15) is 42.8 Å². The van der Waals surface area contributed by atoms with Crippen molar-refractivity contribution in [3.05, 3.63) is 47.5 Å². The summed E-state index contributed by atoms with van der Waals surface area (Å²) in [7, 11) is 2.03. The van der Waals surface area contributed by atoms with Gasteiger partial charge < -0.3 is 14.6 Å². The van der Waals surface area contributed by atoms with Gasteiger partial charge in [-0.25, -0.2) is 4.98 Å². The number of benzene rings is 1. The van der Waals surface area contributed by atoms with E-state index in [4.69, 9.17) is 4.74 Å². The SMILES string of the molecule is CCn1ccnc1COc1cccc2c1CCCC2NC. The van der Waals surface area contributed by atoms with Gasteiger partial charge in [-0.15, -0.1) is 0 Å². The molecule has 3 rings (SSSR count). The predicted octanol–water partition coefficient (Wildman–Crippen LogP) is 3.08. The molecule has 1 N–H and O–H groups in total. The van der Waals surface area contributed by atoms with Crippen LogP contribution in [-0.2, 0) is 19.6 Å². The van der Waals surface area contributed by atoms with E-state index in [2.05, 4.69) is 40.0 Å². The van der Waals surface area contributed by atoms with Gasteiger partial charge in [0, 0.05) is 25.0 Å². The Kier molecular flexibility index (Phi) is 4.25. The largest absolute Gasteiger partial charge is 0.485 e. The maximum atomic E-state index is 6.07. The van der Waals surface area contributed by atoms with Crippen LogP contribution in [0.4, 0.5) is 0 Å². The molecule has 0 saturated carbocycles. The Bertz CT molecular complexity index is 606. The van der Waals surface area contributed by atoms with Crippen LogP contribution in [0.2, 0.25) is 0 Å². The van der Waals surface area contributed by atoms with E-state index in [9.17, 15) is 0 Å². The number of fused-ring (bicyclic) bond motifs is 1. The number of rotatable bonds is 5. The van der Waals surface area contributed by atoms with Crippen molar-refractivity contribution in [1.29, 1.82) is 0 Å². The van der Waals surface area contributed by atoms with Crippen molar-refractivity contribution in [2.75, 3.05) is 7.05 Å². The van der Waals surface area contributed by atoms with Crippen molar-refractivity contribution in [1.82, 2.24) is 14.9 Å². The number of aryl methyl sites for hydroxylation is 1. The van der Waals surface area contributed by atoms with Crippen molar-refractivity contribution in [2.45, 2.75) is 45.4 Å². The lowest BCUT2D eigenvalue weighted by Gasteiger charge is -2.26. The number of nitrogens with one attached hydrogen (secondary N) is 1. The molecule has 4 heteroatoms. The zero-order valence-corrected chi connectivity index (χ0v) is 12.8. The van der Waals surface area contributed by atoms with Gasteiger partial charge in [-0.3, -0.25) is 0 Å². The van der Waals surface area contributed by atoms with Gasteiger partial charge in [0.05, 0.1) is 0 Å². The Hall–Kier alpha value is -1.81. The maximum Gasteiger partial charge on any atom is 0.146 e. The van der Waals surface area contributed by atoms with Gasteiger partial charge >= 0.3 is 0 Å². The molecular weight excluding hydrogens is 262 g/mol. The number of ether oxygens (including phenoxy) is 1. The second-order valence-electron chi connectivity index (χ2n) is 5.48. The van der Waals surface area contributed by atoms with Gasteiger partial charge in [-0.05, 0) is 50.4 Å². The number of imidazole rings is 1. The third kappa shape index (κ3) is 2.81. The third-order valence-corrected chi connectivity index (χ3v) is 4.31. The van der Waals surface area contributed by atoms with Gasteiger partial charge in [-0.2, -0.15) is 0 Å². The average molecular weight is 285 g/mol. The lowest BCUT2D eigenvalue weighted by Crippen LogP contribution is -2.22. The number of hydrogen-bond donors (Lipinski definition) is 1. The minimum Gasteiger partial charge on any atom is -0.485 e. The molecule has 1 aliphatic carbocycles. The Morgan fingerprint density at radius 3 is 3.14 bits per heavy atom. The van der Waals surface area contributed by atoms with Crippen molar-refractivity contribution in [3.8, 4) is 5.75 Å². The fraction of sp³-hybridized carbons (Fsp3) is 0.471. The first kappa shape index (κ1) is 14.1. The van der Waals surface area contributed by atoms with Crippen LogP contribution in [-0.4, -0.2) is 16.6 Å². The second-order valence-corrected chi connectivity index (χ2v) is 5.48. The lowest BCUT2D eigenvalue weighted by atomic mass is 9.87. The topological polar surface area (TPSA) is 39.1 Å². The van der Waals surface area contributed by atoms with Crippen LogP contribution in [0, 0.1) is 0 Å². The van der Waals surface area contributed by atoms with Crippen molar-refractivity contribution < 1.29 is 4.74 Å². The minimum atomic E-state index is 0.454. The summed E-state index contributed by atoms with van der Waals surface area (Å²) in [4.78, 5) is 4.37. The van der Waals surface area contributed by atoms with Crippen molar-refractivity contribution in [2.24, 2.45) is 0 Å². The molecule has 0 spiro atoms. The number of nitrogens with zero attached hydrogens (tertiary/aromatic N) is 2. The van der Waals surface area contributed by atoms with E-state index < -0.39 is 0 Å². The summed E-state index contributed by atoms with van der Waals surface area (Å²) >= 11 is 0. The molecule has 0 saturated heterocycles. The minimum absolute atomic E-state index is 0.454.